The summed E-state index contributed by atoms with van der Waals surface area (Å²) in [6.07, 6.45) is 0. The van der Waals surface area contributed by atoms with Crippen molar-refractivity contribution in [1.82, 2.24) is 0 Å². The van der Waals surface area contributed by atoms with Gasteiger partial charge < -0.3 is 30.1 Å². The van der Waals surface area contributed by atoms with Crippen molar-refractivity contribution in [2.75, 3.05) is 19.5 Å². The first-order valence-corrected chi connectivity index (χ1v) is 24.5. The van der Waals surface area contributed by atoms with E-state index < -0.39 is 48.4 Å². The van der Waals surface area contributed by atoms with E-state index in [0.717, 1.165) is 12.1 Å². The number of phenolic OH excluding ortho intramolecular Hbond substituents is 1. The summed E-state index contributed by atoms with van der Waals surface area (Å²) >= 11 is 12.4. The maximum atomic E-state index is 13.4. The van der Waals surface area contributed by atoms with Crippen LogP contribution in [0.25, 0.3) is 21.5 Å². The number of hydrogen-bond acceptors (Lipinski definition) is 15. The molecule has 0 saturated heterocycles. The Labute approximate surface area is 468 Å². The van der Waals surface area contributed by atoms with Crippen LogP contribution in [0.4, 0.5) is 34.1 Å². The van der Waals surface area contributed by atoms with E-state index in [1.165, 1.54) is 52.3 Å². The molecule has 8 aromatic rings. The van der Waals surface area contributed by atoms with Crippen LogP contribution in [0.1, 0.15) is 27.0 Å². The number of nitrogens with one attached hydrogen (secondary N) is 1. The van der Waals surface area contributed by atoms with Gasteiger partial charge in [0.25, 0.3) is 26.1 Å². The van der Waals surface area contributed by atoms with Crippen LogP contribution in [-0.4, -0.2) is 106 Å². The van der Waals surface area contributed by atoms with Crippen LogP contribution >= 0.6 is 23.2 Å². The third kappa shape index (κ3) is 12.5. The summed E-state index contributed by atoms with van der Waals surface area (Å²) in [4.78, 5) is 16.4. The Morgan fingerprint density at radius 1 is 0.603 bits per heavy atom. The minimum atomic E-state index is -4.54. The van der Waals surface area contributed by atoms with Gasteiger partial charge in [-0.3, -0.25) is 18.9 Å². The maximum absolute atomic E-state index is 13.4. The molecule has 0 aliphatic heterocycles. The Morgan fingerprint density at radius 3 is 1.58 bits per heavy atom. The number of azo groups is 2. The number of hydrogen-bond donors (Lipinski definition) is 4. The molecule has 0 radical (unpaired) electrons. The standard InChI is InChI=1S/2C25H20ClN3O6S.Ba/c2*1-14-21(36(32,33)34)12-11-18(26)22(14)28-29-23-16-8-4-3-7-15(16)13-17(24(23)30)25(31)27-19-9-5-6-10-20(19)35-2;/h2*3-13,30H,1-2H3,(H,27,31)(H,32,33,34);/q;;+2/p-2. The number of anilines is 1. The van der Waals surface area contributed by atoms with Gasteiger partial charge in [-0.05, 0) is 108 Å². The van der Waals surface area contributed by atoms with Crippen molar-refractivity contribution < 1.29 is 55.5 Å². The Hall–Kier alpha value is -6.41. The van der Waals surface area contributed by atoms with E-state index in [9.17, 15) is 46.1 Å². The fourth-order valence-electron chi connectivity index (χ4n) is 7.29. The van der Waals surface area contributed by atoms with Crippen molar-refractivity contribution in [3.8, 4) is 23.0 Å². The number of nitrogens with zero attached hydrogens (tertiary/aromatic N) is 5. The number of aliphatic imine (C=N–C) groups is 1. The van der Waals surface area contributed by atoms with Crippen molar-refractivity contribution in [3.63, 3.8) is 0 Å². The molecule has 8 aromatic carbocycles. The number of rotatable bonds is 12. The zero-order valence-corrected chi connectivity index (χ0v) is 46.3. The number of benzene rings is 8. The predicted octanol–water partition coefficient (Wildman–Crippen LogP) is 11.0. The molecule has 1 amide bonds. The summed E-state index contributed by atoms with van der Waals surface area (Å²) in [7, 11) is -6.15. The topological polar surface area (TPSA) is 284 Å². The van der Waals surface area contributed by atoms with Gasteiger partial charge in [-0.15, -0.1) is 15.3 Å². The Balaban J connectivity index is 0.000000235. The van der Waals surface area contributed by atoms with Crippen LogP contribution in [0.3, 0.4) is 0 Å². The van der Waals surface area contributed by atoms with Crippen molar-refractivity contribution >= 4 is 160 Å². The summed E-state index contributed by atoms with van der Waals surface area (Å²) in [6.45, 7) is 2.81. The monoisotopic (exact) mass is 1190 g/mol. The molecule has 0 atom stereocenters. The average Bonchev–Trinajstić information content (AvgIpc) is 3.34. The quantitative estimate of drug-likeness (QED) is 0.0292. The molecule has 23 heteroatoms. The van der Waals surface area contributed by atoms with Crippen molar-refractivity contribution in [2.24, 2.45) is 25.4 Å². The van der Waals surface area contributed by atoms with Crippen LogP contribution in [0, 0.1) is 13.8 Å². The summed E-state index contributed by atoms with van der Waals surface area (Å²) in [5.41, 5.74) is 0.239. The number of amides is 1. The van der Waals surface area contributed by atoms with E-state index >= 15 is 0 Å². The van der Waals surface area contributed by atoms with Crippen molar-refractivity contribution in [1.29, 1.82) is 0 Å². The van der Waals surface area contributed by atoms with Crippen LogP contribution in [0.15, 0.2) is 169 Å². The Kier molecular flexibility index (Phi) is 18.1. The molecule has 0 saturated carbocycles. The van der Waals surface area contributed by atoms with Crippen LogP contribution in [0.2, 0.25) is 10.0 Å². The first-order valence-electron chi connectivity index (χ1n) is 20.9. The smallest absolute Gasteiger partial charge is 0.871 e. The molecule has 0 aliphatic rings. The number of phenols is 1. The number of para-hydroxylation sites is 4. The summed E-state index contributed by atoms with van der Waals surface area (Å²) in [5.74, 6) is -1.76. The molecule has 4 N–H and O–H groups in total. The molecule has 0 bridgehead atoms. The van der Waals surface area contributed by atoms with E-state index in [-0.39, 0.29) is 115 Å². The minimum Gasteiger partial charge on any atom is -0.871 e. The zero-order chi connectivity index (χ0) is 52.1. The normalized spacial score (nSPS) is 11.9. The molecule has 0 spiro atoms. The minimum absolute atomic E-state index is 0. The van der Waals surface area contributed by atoms with E-state index in [1.807, 2.05) is 0 Å². The largest absolute Gasteiger partial charge is 2.00 e. The molecule has 0 fully saturated rings. The number of aromatic hydroxyl groups is 1. The maximum Gasteiger partial charge on any atom is 2.00 e. The van der Waals surface area contributed by atoms with Crippen LogP contribution < -0.4 is 25.0 Å². The molecule has 73 heavy (non-hydrogen) atoms. The number of halogens is 2. The molecule has 0 heterocycles. The second-order valence-electron chi connectivity index (χ2n) is 15.3. The van der Waals surface area contributed by atoms with Crippen LogP contribution in [-0.2, 0) is 20.2 Å². The Bertz CT molecular complexity index is 3790. The number of carbonyl (C=O) groups excluding carboxylic acids is 1. The van der Waals surface area contributed by atoms with Crippen molar-refractivity contribution in [2.45, 2.75) is 23.6 Å². The van der Waals surface area contributed by atoms with Gasteiger partial charge >= 0.3 is 48.9 Å². The number of fused-ring (bicyclic) bond motifs is 2. The summed E-state index contributed by atoms with van der Waals surface area (Å²) in [6, 6.07) is 34.9. The van der Waals surface area contributed by atoms with Gasteiger partial charge in [-0.2, -0.15) is 21.9 Å². The molecule has 8 rings (SSSR count). The number of carbonyl (C=O) groups is 1. The third-order valence-electron chi connectivity index (χ3n) is 10.8. The van der Waals surface area contributed by atoms with E-state index in [4.69, 9.17) is 32.7 Å². The second-order valence-corrected chi connectivity index (χ2v) is 18.9. The first kappa shape index (κ1) is 55.9. The van der Waals surface area contributed by atoms with Crippen LogP contribution in [0.5, 0.6) is 23.0 Å². The van der Waals surface area contributed by atoms with Gasteiger partial charge in [-0.25, -0.2) is 0 Å². The summed E-state index contributed by atoms with van der Waals surface area (Å²) in [5, 5.41) is 58.6. The van der Waals surface area contributed by atoms with E-state index in [2.05, 4.69) is 30.8 Å². The molecular weight excluding hydrogens is 1150 g/mol. The molecule has 0 aromatic heterocycles. The number of methoxy groups -OCH3 is 2. The molecular formula is C50H38BaCl2N6O12S2. The molecule has 0 unspecified atom stereocenters. The van der Waals surface area contributed by atoms with Crippen molar-refractivity contribution in [3.05, 3.63) is 166 Å². The molecule has 368 valence electrons. The SMILES string of the molecule is COc1ccccc1N=C([O-])c1cc2ccccc2c(N=Nc2c(Cl)ccc(S(=O)(=O)O)c2C)c1[O-].COc1ccccc1NC(=O)c1cc2ccccc2c(N=Nc2c(Cl)ccc(S(=O)(=O)O)c2C)c1O.[Ba+2]. The molecule has 0 aliphatic carbocycles. The fourth-order valence-corrected chi connectivity index (χ4v) is 9.22. The van der Waals surface area contributed by atoms with Gasteiger partial charge in [0.2, 0.25) is 0 Å². The van der Waals surface area contributed by atoms with E-state index in [0.29, 0.717) is 38.7 Å². The van der Waals surface area contributed by atoms with Gasteiger partial charge in [0.15, 0.2) is 5.75 Å². The first-order chi connectivity index (χ1) is 34.2. The average molecular weight is 1190 g/mol. The summed E-state index contributed by atoms with van der Waals surface area (Å²) < 4.78 is 76.1. The zero-order valence-electron chi connectivity index (χ0n) is 38.7. The fraction of sp³-hybridized carbons (Fsp3) is 0.0800. The van der Waals surface area contributed by atoms with Gasteiger partial charge in [-0.1, -0.05) is 102 Å². The van der Waals surface area contributed by atoms with E-state index in [1.54, 1.807) is 97.1 Å². The molecule has 18 nitrogen and oxygen atoms in total. The van der Waals surface area contributed by atoms with Gasteiger partial charge in [0.1, 0.15) is 34.2 Å². The predicted molar refractivity (Wildman–Crippen MR) is 275 cm³/mol. The van der Waals surface area contributed by atoms with Gasteiger partial charge in [0, 0.05) is 10.8 Å². The third-order valence-corrected chi connectivity index (χ3v) is 13.4. The Morgan fingerprint density at radius 2 is 1.04 bits per heavy atom. The number of ether oxygens (including phenoxy) is 2. The van der Waals surface area contributed by atoms with Gasteiger partial charge in [0.05, 0.1) is 51.0 Å². The second kappa shape index (κ2) is 23.6.